The van der Waals surface area contributed by atoms with Gasteiger partial charge in [-0.2, -0.15) is 15.5 Å². The summed E-state index contributed by atoms with van der Waals surface area (Å²) in [5.74, 6) is -0.836. The first kappa shape index (κ1) is 23.2. The number of fused-ring (bicyclic) bond motifs is 1. The number of aryl methyl sites for hydroxylation is 1. The summed E-state index contributed by atoms with van der Waals surface area (Å²) < 4.78 is 16.3. The molecule has 4 aromatic heterocycles. The van der Waals surface area contributed by atoms with E-state index >= 15 is 0 Å². The third-order valence-corrected chi connectivity index (χ3v) is 7.55. The Balaban J connectivity index is 1.13. The number of nitrogens with one attached hydrogen (secondary N) is 1. The average Bonchev–Trinajstić information content (AvgIpc) is 3.58. The smallest absolute Gasteiger partial charge is 0.256 e. The van der Waals surface area contributed by atoms with Gasteiger partial charge in [0.05, 0.1) is 47.2 Å². The van der Waals surface area contributed by atoms with Crippen molar-refractivity contribution in [2.24, 2.45) is 0 Å². The van der Waals surface area contributed by atoms with Crippen LogP contribution in [0.1, 0.15) is 35.3 Å². The van der Waals surface area contributed by atoms with E-state index in [9.17, 15) is 14.4 Å². The molecule has 0 aromatic carbocycles. The molecule has 0 radical (unpaired) electrons. The molecule has 4 aromatic rings. The lowest BCUT2D eigenvalue weighted by Gasteiger charge is -2.53. The number of hydrogen-bond acceptors (Lipinski definition) is 8. The molecule has 12 heteroatoms. The van der Waals surface area contributed by atoms with Gasteiger partial charge in [0.25, 0.3) is 5.91 Å². The highest BCUT2D eigenvalue weighted by Crippen LogP contribution is 2.37. The Morgan fingerprint density at radius 3 is 2.84 bits per heavy atom. The molecule has 0 spiro atoms. The lowest BCUT2D eigenvalue weighted by atomic mass is 9.83. The number of halogens is 1. The molecule has 0 saturated carbocycles. The van der Waals surface area contributed by atoms with E-state index in [0.29, 0.717) is 44.3 Å². The quantitative estimate of drug-likeness (QED) is 0.441. The van der Waals surface area contributed by atoms with Crippen LogP contribution in [0.4, 0.5) is 4.39 Å². The minimum Gasteiger partial charge on any atom is -0.338 e. The predicted octanol–water partition coefficient (Wildman–Crippen LogP) is 2.29. The second-order valence-corrected chi connectivity index (χ2v) is 9.77. The number of piperidine rings is 1. The van der Waals surface area contributed by atoms with Crippen LogP contribution in [0.2, 0.25) is 0 Å². The van der Waals surface area contributed by atoms with Crippen molar-refractivity contribution in [2.45, 2.75) is 37.8 Å². The van der Waals surface area contributed by atoms with Gasteiger partial charge in [0.2, 0.25) is 0 Å². The maximum absolute atomic E-state index is 14.4. The highest BCUT2D eigenvalue weighted by molar-refractivity contribution is 5.94. The molecule has 188 valence electrons. The fraction of sp³-hybridized carbons (Fsp3) is 0.400. The molecule has 0 unspecified atom stereocenters. The third-order valence-electron chi connectivity index (χ3n) is 7.55. The van der Waals surface area contributed by atoms with E-state index in [2.05, 4.69) is 41.2 Å². The monoisotopic (exact) mass is 500 g/mol. The second-order valence-electron chi connectivity index (χ2n) is 9.77. The normalized spacial score (nSPS) is 18.0. The summed E-state index contributed by atoms with van der Waals surface area (Å²) in [5.41, 5.74) is 2.13. The molecule has 0 bridgehead atoms. The first-order chi connectivity index (χ1) is 18.0. The second kappa shape index (κ2) is 9.01. The van der Waals surface area contributed by atoms with Crippen LogP contribution < -0.4 is 0 Å². The summed E-state index contributed by atoms with van der Waals surface area (Å²) in [5, 5.41) is 21.9. The van der Waals surface area contributed by atoms with Crippen molar-refractivity contribution in [1.82, 2.24) is 44.7 Å². The van der Waals surface area contributed by atoms with E-state index in [1.54, 1.807) is 24.2 Å². The minimum atomic E-state index is -0.548. The standard InChI is InChI=1S/C25H25FN10O/c1-16-21(26)19(2-7-28-16)24(37)34-8-3-18(4-9-34)35-13-25(14-35,5-6-27)36-12-17(10-32-36)22-20-11-31-33-23(20)30-15-29-22/h2,7,10-12,15,18H,3-5,8-9,13-14H2,1H3,(H,29,30,31,33). The number of nitrogens with zero attached hydrogens (tertiary/aromatic N) is 9. The molecule has 1 N–H and O–H groups in total. The van der Waals surface area contributed by atoms with E-state index in [0.717, 1.165) is 29.5 Å². The third kappa shape index (κ3) is 3.92. The predicted molar refractivity (Wildman–Crippen MR) is 131 cm³/mol. The van der Waals surface area contributed by atoms with Crippen LogP contribution in [0.5, 0.6) is 0 Å². The van der Waals surface area contributed by atoms with Crippen LogP contribution >= 0.6 is 0 Å². The topological polar surface area (TPSA) is 133 Å². The number of carbonyl (C=O) groups excluding carboxylic acids is 1. The van der Waals surface area contributed by atoms with Gasteiger partial charge in [-0.1, -0.05) is 0 Å². The summed E-state index contributed by atoms with van der Waals surface area (Å²) in [6, 6.07) is 4.07. The van der Waals surface area contributed by atoms with Crippen molar-refractivity contribution in [2.75, 3.05) is 26.2 Å². The maximum Gasteiger partial charge on any atom is 0.256 e. The molecular formula is C25H25FN10O. The number of aromatic amines is 1. The molecule has 2 saturated heterocycles. The van der Waals surface area contributed by atoms with Crippen LogP contribution in [0, 0.1) is 24.1 Å². The molecule has 2 aliphatic rings. The highest BCUT2D eigenvalue weighted by atomic mass is 19.1. The van der Waals surface area contributed by atoms with Gasteiger partial charge in [-0.25, -0.2) is 14.4 Å². The van der Waals surface area contributed by atoms with Gasteiger partial charge in [-0.15, -0.1) is 0 Å². The van der Waals surface area contributed by atoms with Gasteiger partial charge < -0.3 is 4.90 Å². The van der Waals surface area contributed by atoms with Crippen LogP contribution in [0.3, 0.4) is 0 Å². The molecule has 0 atom stereocenters. The van der Waals surface area contributed by atoms with Crippen molar-refractivity contribution in [3.05, 3.63) is 54.3 Å². The van der Waals surface area contributed by atoms with Crippen molar-refractivity contribution in [3.63, 3.8) is 0 Å². The Hall–Kier alpha value is -4.24. The number of carbonyl (C=O) groups is 1. The number of nitriles is 1. The summed E-state index contributed by atoms with van der Waals surface area (Å²) in [6.07, 6.45) is 10.3. The Morgan fingerprint density at radius 2 is 2.05 bits per heavy atom. The van der Waals surface area contributed by atoms with Gasteiger partial charge in [-0.3, -0.25) is 24.5 Å². The van der Waals surface area contributed by atoms with Crippen molar-refractivity contribution < 1.29 is 9.18 Å². The van der Waals surface area contributed by atoms with E-state index in [-0.39, 0.29) is 17.2 Å². The largest absolute Gasteiger partial charge is 0.338 e. The molecule has 1 amide bonds. The molecule has 0 aliphatic carbocycles. The molecule has 2 aliphatic heterocycles. The zero-order chi connectivity index (χ0) is 25.6. The van der Waals surface area contributed by atoms with Gasteiger partial charge in [0, 0.05) is 50.2 Å². The number of rotatable bonds is 5. The zero-order valence-corrected chi connectivity index (χ0v) is 20.3. The number of pyridine rings is 1. The van der Waals surface area contributed by atoms with Crippen LogP contribution in [-0.4, -0.2) is 82.9 Å². The Morgan fingerprint density at radius 1 is 1.24 bits per heavy atom. The van der Waals surface area contributed by atoms with Crippen molar-refractivity contribution >= 4 is 16.9 Å². The van der Waals surface area contributed by atoms with E-state index in [1.165, 1.54) is 18.6 Å². The number of H-pyrrole nitrogens is 1. The van der Waals surface area contributed by atoms with Crippen LogP contribution in [-0.2, 0) is 5.54 Å². The molecule has 37 heavy (non-hydrogen) atoms. The number of aromatic nitrogens is 7. The first-order valence-corrected chi connectivity index (χ1v) is 12.2. The van der Waals surface area contributed by atoms with Gasteiger partial charge in [0.1, 0.15) is 11.9 Å². The summed E-state index contributed by atoms with van der Waals surface area (Å²) >= 11 is 0. The summed E-state index contributed by atoms with van der Waals surface area (Å²) in [6.45, 7) is 4.08. The highest BCUT2D eigenvalue weighted by Gasteiger charge is 2.48. The molecule has 6 heterocycles. The SMILES string of the molecule is Cc1nccc(C(=O)N2CCC(N3CC(CC#N)(n4cc(-c5ncnc6[nH]ncc56)cn4)C3)CC2)c1F. The van der Waals surface area contributed by atoms with E-state index in [1.807, 2.05) is 10.9 Å². The van der Waals surface area contributed by atoms with Crippen molar-refractivity contribution in [3.8, 4) is 17.3 Å². The van der Waals surface area contributed by atoms with Crippen LogP contribution in [0.15, 0.2) is 37.2 Å². The number of likely N-dealkylation sites (tertiary alicyclic amines) is 2. The average molecular weight is 501 g/mol. The van der Waals surface area contributed by atoms with E-state index in [4.69, 9.17) is 0 Å². The number of hydrogen-bond donors (Lipinski definition) is 1. The van der Waals surface area contributed by atoms with Gasteiger partial charge >= 0.3 is 0 Å². The summed E-state index contributed by atoms with van der Waals surface area (Å²) in [4.78, 5) is 29.5. The molecular weight excluding hydrogens is 475 g/mol. The number of amides is 1. The van der Waals surface area contributed by atoms with Crippen molar-refractivity contribution in [1.29, 1.82) is 5.26 Å². The Labute approximate surface area is 211 Å². The summed E-state index contributed by atoms with van der Waals surface area (Å²) in [7, 11) is 0. The zero-order valence-electron chi connectivity index (χ0n) is 20.3. The first-order valence-electron chi connectivity index (χ1n) is 12.2. The lowest BCUT2D eigenvalue weighted by molar-refractivity contribution is -0.0412. The van der Waals surface area contributed by atoms with E-state index < -0.39 is 11.4 Å². The Kier molecular flexibility index (Phi) is 5.64. The lowest BCUT2D eigenvalue weighted by Crippen LogP contribution is -2.66. The maximum atomic E-state index is 14.4. The molecule has 6 rings (SSSR count). The van der Waals surface area contributed by atoms with Gasteiger partial charge in [0.15, 0.2) is 11.5 Å². The molecule has 11 nitrogen and oxygen atoms in total. The fourth-order valence-corrected chi connectivity index (χ4v) is 5.47. The minimum absolute atomic E-state index is 0.0776. The Bertz CT molecular complexity index is 1510. The van der Waals surface area contributed by atoms with Crippen LogP contribution in [0.25, 0.3) is 22.3 Å². The molecule has 2 fully saturated rings. The van der Waals surface area contributed by atoms with Gasteiger partial charge in [-0.05, 0) is 25.8 Å². The fourth-order valence-electron chi connectivity index (χ4n) is 5.47.